The predicted octanol–water partition coefficient (Wildman–Crippen LogP) is 2.12. The zero-order valence-electron chi connectivity index (χ0n) is 10.2. The first-order valence-electron chi connectivity index (χ1n) is 5.81. The average molecular weight is 221 g/mol. The second kappa shape index (κ2) is 4.60. The summed E-state index contributed by atoms with van der Waals surface area (Å²) in [4.78, 5) is 6.87. The van der Waals surface area contributed by atoms with Crippen LogP contribution in [0, 0.1) is 0 Å². The lowest BCUT2D eigenvalue weighted by Gasteiger charge is -2.35. The van der Waals surface area contributed by atoms with Gasteiger partial charge in [0.25, 0.3) is 0 Å². The molecule has 0 radical (unpaired) electrons. The van der Waals surface area contributed by atoms with Crippen molar-refractivity contribution in [1.82, 2.24) is 4.98 Å². The maximum Gasteiger partial charge on any atom is 0.215 e. The van der Waals surface area contributed by atoms with Crippen LogP contribution < -0.4 is 15.0 Å². The van der Waals surface area contributed by atoms with Crippen LogP contribution in [-0.2, 0) is 0 Å². The second-order valence-electron chi connectivity index (χ2n) is 4.10. The van der Waals surface area contributed by atoms with Gasteiger partial charge in [0.1, 0.15) is 0 Å². The van der Waals surface area contributed by atoms with Crippen LogP contribution in [-0.4, -0.2) is 31.2 Å². The Morgan fingerprint density at radius 1 is 1.56 bits per heavy atom. The molecule has 16 heavy (non-hydrogen) atoms. The van der Waals surface area contributed by atoms with Gasteiger partial charge in [-0.3, -0.25) is 0 Å². The summed E-state index contributed by atoms with van der Waals surface area (Å²) in [6.07, 6.45) is 1.12. The van der Waals surface area contributed by atoms with Gasteiger partial charge in [0.15, 0.2) is 5.82 Å². The standard InChI is InChI=1S/C12H19N3O/c1-4-9(2)15-8-7-13-10-5-6-11(16-3)14-12(10)15/h5-6,9,13H,4,7-8H2,1-3H3. The normalized spacial score (nSPS) is 16.3. The second-order valence-corrected chi connectivity index (χ2v) is 4.10. The number of rotatable bonds is 3. The van der Waals surface area contributed by atoms with Crippen molar-refractivity contribution in [2.75, 3.05) is 30.4 Å². The number of fused-ring (bicyclic) bond motifs is 1. The lowest BCUT2D eigenvalue weighted by Crippen LogP contribution is -2.40. The van der Waals surface area contributed by atoms with Crippen molar-refractivity contribution in [2.45, 2.75) is 26.3 Å². The maximum absolute atomic E-state index is 5.18. The third-order valence-corrected chi connectivity index (χ3v) is 3.12. The third kappa shape index (κ3) is 1.92. The fourth-order valence-electron chi connectivity index (χ4n) is 1.97. The topological polar surface area (TPSA) is 37.4 Å². The molecule has 1 atom stereocenters. The van der Waals surface area contributed by atoms with E-state index in [0.29, 0.717) is 11.9 Å². The highest BCUT2D eigenvalue weighted by atomic mass is 16.5. The van der Waals surface area contributed by atoms with E-state index in [9.17, 15) is 0 Å². The maximum atomic E-state index is 5.18. The molecule has 1 N–H and O–H groups in total. The number of pyridine rings is 1. The number of methoxy groups -OCH3 is 1. The molecule has 0 saturated carbocycles. The Balaban J connectivity index is 2.35. The number of anilines is 2. The van der Waals surface area contributed by atoms with Crippen LogP contribution in [0.5, 0.6) is 5.88 Å². The van der Waals surface area contributed by atoms with Gasteiger partial charge >= 0.3 is 0 Å². The summed E-state index contributed by atoms with van der Waals surface area (Å²) in [6.45, 7) is 6.41. The molecule has 0 amide bonds. The SMILES string of the molecule is CCC(C)N1CCNc2ccc(OC)nc21. The minimum atomic E-state index is 0.514. The van der Waals surface area contributed by atoms with Crippen LogP contribution in [0.4, 0.5) is 11.5 Å². The Morgan fingerprint density at radius 2 is 2.38 bits per heavy atom. The summed E-state index contributed by atoms with van der Waals surface area (Å²) in [5.74, 6) is 1.69. The molecule has 0 saturated heterocycles. The molecular formula is C12H19N3O. The van der Waals surface area contributed by atoms with Crippen molar-refractivity contribution in [3.8, 4) is 5.88 Å². The largest absolute Gasteiger partial charge is 0.481 e. The Bertz CT molecular complexity index is 367. The molecule has 0 spiro atoms. The number of aromatic nitrogens is 1. The monoisotopic (exact) mass is 221 g/mol. The molecule has 2 heterocycles. The molecule has 1 unspecified atom stereocenters. The quantitative estimate of drug-likeness (QED) is 0.848. The van der Waals surface area contributed by atoms with E-state index in [4.69, 9.17) is 4.74 Å². The van der Waals surface area contributed by atoms with E-state index in [-0.39, 0.29) is 0 Å². The Morgan fingerprint density at radius 3 is 3.06 bits per heavy atom. The molecule has 88 valence electrons. The fraction of sp³-hybridized carbons (Fsp3) is 0.583. The van der Waals surface area contributed by atoms with Crippen LogP contribution >= 0.6 is 0 Å². The van der Waals surface area contributed by atoms with Crippen LogP contribution in [0.2, 0.25) is 0 Å². The number of ether oxygens (including phenoxy) is 1. The lowest BCUT2D eigenvalue weighted by molar-refractivity contribution is 0.397. The van der Waals surface area contributed by atoms with Crippen LogP contribution in [0.3, 0.4) is 0 Å². The number of hydrogen-bond acceptors (Lipinski definition) is 4. The van der Waals surface area contributed by atoms with E-state index < -0.39 is 0 Å². The molecule has 2 rings (SSSR count). The molecule has 0 bridgehead atoms. The van der Waals surface area contributed by atoms with E-state index in [1.54, 1.807) is 7.11 Å². The molecular weight excluding hydrogens is 202 g/mol. The first-order chi connectivity index (χ1) is 7.76. The summed E-state index contributed by atoms with van der Waals surface area (Å²) in [5.41, 5.74) is 1.10. The van der Waals surface area contributed by atoms with Crippen LogP contribution in [0.15, 0.2) is 12.1 Å². The van der Waals surface area contributed by atoms with Crippen LogP contribution in [0.25, 0.3) is 0 Å². The van der Waals surface area contributed by atoms with Gasteiger partial charge in [0, 0.05) is 25.2 Å². The number of nitrogens with zero attached hydrogens (tertiary/aromatic N) is 2. The molecule has 1 aromatic heterocycles. The van der Waals surface area contributed by atoms with Crippen molar-refractivity contribution in [2.24, 2.45) is 0 Å². The van der Waals surface area contributed by atoms with Crippen molar-refractivity contribution in [3.05, 3.63) is 12.1 Å². The first kappa shape index (κ1) is 11.0. The van der Waals surface area contributed by atoms with Crippen molar-refractivity contribution < 1.29 is 4.74 Å². The fourth-order valence-corrected chi connectivity index (χ4v) is 1.97. The molecule has 1 aromatic rings. The lowest BCUT2D eigenvalue weighted by atomic mass is 10.2. The molecule has 1 aliphatic heterocycles. The van der Waals surface area contributed by atoms with Crippen molar-refractivity contribution in [3.63, 3.8) is 0 Å². The predicted molar refractivity (Wildman–Crippen MR) is 66.4 cm³/mol. The number of hydrogen-bond donors (Lipinski definition) is 1. The van der Waals surface area contributed by atoms with Crippen LogP contribution in [0.1, 0.15) is 20.3 Å². The molecule has 0 aliphatic carbocycles. The highest BCUT2D eigenvalue weighted by molar-refractivity contribution is 5.69. The molecule has 0 fully saturated rings. The van der Waals surface area contributed by atoms with Gasteiger partial charge in [0.2, 0.25) is 5.88 Å². The summed E-state index contributed by atoms with van der Waals surface area (Å²) < 4.78 is 5.18. The average Bonchev–Trinajstić information content (AvgIpc) is 2.36. The Labute approximate surface area is 96.6 Å². The smallest absolute Gasteiger partial charge is 0.215 e. The summed E-state index contributed by atoms with van der Waals surface area (Å²) in [6, 6.07) is 4.45. The zero-order chi connectivity index (χ0) is 11.5. The summed E-state index contributed by atoms with van der Waals surface area (Å²) in [7, 11) is 1.65. The minimum Gasteiger partial charge on any atom is -0.481 e. The highest BCUT2D eigenvalue weighted by Crippen LogP contribution is 2.30. The summed E-state index contributed by atoms with van der Waals surface area (Å²) in [5, 5.41) is 3.36. The first-order valence-corrected chi connectivity index (χ1v) is 5.81. The van der Waals surface area contributed by atoms with Gasteiger partial charge in [-0.25, -0.2) is 0 Å². The Hall–Kier alpha value is -1.45. The zero-order valence-corrected chi connectivity index (χ0v) is 10.2. The van der Waals surface area contributed by atoms with Gasteiger partial charge in [-0.15, -0.1) is 0 Å². The van der Waals surface area contributed by atoms with Gasteiger partial charge in [-0.05, 0) is 19.4 Å². The van der Waals surface area contributed by atoms with E-state index in [2.05, 4.69) is 29.0 Å². The van der Waals surface area contributed by atoms with E-state index in [0.717, 1.165) is 31.0 Å². The minimum absolute atomic E-state index is 0.514. The van der Waals surface area contributed by atoms with Gasteiger partial charge in [-0.1, -0.05) is 6.92 Å². The van der Waals surface area contributed by atoms with Crippen molar-refractivity contribution in [1.29, 1.82) is 0 Å². The molecule has 4 nitrogen and oxygen atoms in total. The van der Waals surface area contributed by atoms with Gasteiger partial charge in [0.05, 0.1) is 12.8 Å². The molecule has 1 aliphatic rings. The number of nitrogens with one attached hydrogen (secondary N) is 1. The van der Waals surface area contributed by atoms with E-state index in [1.165, 1.54) is 0 Å². The third-order valence-electron chi connectivity index (χ3n) is 3.12. The van der Waals surface area contributed by atoms with E-state index >= 15 is 0 Å². The Kier molecular flexibility index (Phi) is 3.17. The van der Waals surface area contributed by atoms with E-state index in [1.807, 2.05) is 12.1 Å². The van der Waals surface area contributed by atoms with Crippen molar-refractivity contribution >= 4 is 11.5 Å². The highest BCUT2D eigenvalue weighted by Gasteiger charge is 2.22. The van der Waals surface area contributed by atoms with Gasteiger partial charge in [-0.2, -0.15) is 4.98 Å². The molecule has 4 heteroatoms. The van der Waals surface area contributed by atoms with Gasteiger partial charge < -0.3 is 15.0 Å². The summed E-state index contributed by atoms with van der Waals surface area (Å²) >= 11 is 0. The molecule has 0 aromatic carbocycles.